The highest BCUT2D eigenvalue weighted by Crippen LogP contribution is 2.29. The molecule has 1 heterocycles. The van der Waals surface area contributed by atoms with Crippen molar-refractivity contribution in [2.75, 3.05) is 6.61 Å². The zero-order valence-electron chi connectivity index (χ0n) is 10.4. The number of aryl methyl sites for hydroxylation is 1. The molecule has 0 unspecified atom stereocenters. The number of carbonyl (C=O) groups excluding carboxylic acids is 1. The van der Waals surface area contributed by atoms with Crippen LogP contribution in [0.15, 0.2) is 29.3 Å². The van der Waals surface area contributed by atoms with Crippen molar-refractivity contribution >= 4 is 38.9 Å². The summed E-state index contributed by atoms with van der Waals surface area (Å²) in [6, 6.07) is 5.84. The third kappa shape index (κ3) is 1.97. The summed E-state index contributed by atoms with van der Waals surface area (Å²) < 4.78 is 7.99. The standard InChI is InChI=1S/C14H14BrNO2/c1-4-11-13(14(17)18-5-2)10-8-9(15)6-7-12(10)16(11)3/h4,6-8H,1,5H2,2-3H3. The first-order chi connectivity index (χ1) is 8.60. The van der Waals surface area contributed by atoms with Gasteiger partial charge in [-0.15, -0.1) is 0 Å². The number of ether oxygens (including phenoxy) is 1. The Hall–Kier alpha value is -1.55. The van der Waals surface area contributed by atoms with Crippen LogP contribution in [-0.2, 0) is 11.8 Å². The van der Waals surface area contributed by atoms with Gasteiger partial charge in [0, 0.05) is 22.4 Å². The van der Waals surface area contributed by atoms with Gasteiger partial charge < -0.3 is 9.30 Å². The fourth-order valence-corrected chi connectivity index (χ4v) is 2.45. The molecular weight excluding hydrogens is 294 g/mol. The minimum Gasteiger partial charge on any atom is -0.462 e. The Kier molecular flexibility index (Phi) is 3.57. The van der Waals surface area contributed by atoms with Crippen molar-refractivity contribution < 1.29 is 9.53 Å². The normalized spacial score (nSPS) is 10.6. The van der Waals surface area contributed by atoms with Crippen LogP contribution in [0.3, 0.4) is 0 Å². The van der Waals surface area contributed by atoms with Crippen LogP contribution in [0, 0.1) is 0 Å². The van der Waals surface area contributed by atoms with Crippen LogP contribution in [0.2, 0.25) is 0 Å². The molecular formula is C14H14BrNO2. The zero-order valence-corrected chi connectivity index (χ0v) is 12.0. The lowest BCUT2D eigenvalue weighted by molar-refractivity contribution is 0.0528. The average Bonchev–Trinajstić information content (AvgIpc) is 2.61. The largest absolute Gasteiger partial charge is 0.462 e. The molecule has 0 saturated heterocycles. The molecule has 94 valence electrons. The van der Waals surface area contributed by atoms with Gasteiger partial charge in [0.25, 0.3) is 0 Å². The van der Waals surface area contributed by atoms with Crippen LogP contribution in [0.1, 0.15) is 23.0 Å². The van der Waals surface area contributed by atoms with Crippen LogP contribution >= 0.6 is 15.9 Å². The van der Waals surface area contributed by atoms with Gasteiger partial charge in [-0.2, -0.15) is 0 Å². The highest BCUT2D eigenvalue weighted by Gasteiger charge is 2.20. The molecule has 0 aliphatic heterocycles. The Morgan fingerprint density at radius 1 is 1.56 bits per heavy atom. The van der Waals surface area contributed by atoms with Crippen molar-refractivity contribution in [3.05, 3.63) is 40.5 Å². The van der Waals surface area contributed by atoms with Crippen LogP contribution in [-0.4, -0.2) is 17.1 Å². The van der Waals surface area contributed by atoms with Crippen molar-refractivity contribution in [3.8, 4) is 0 Å². The number of fused-ring (bicyclic) bond motifs is 1. The molecule has 0 atom stereocenters. The van der Waals surface area contributed by atoms with Crippen molar-refractivity contribution in [1.29, 1.82) is 0 Å². The molecule has 0 bridgehead atoms. The molecule has 0 aliphatic carbocycles. The molecule has 2 rings (SSSR count). The molecule has 0 amide bonds. The van der Waals surface area contributed by atoms with E-state index in [-0.39, 0.29) is 5.97 Å². The molecule has 1 aromatic heterocycles. The highest BCUT2D eigenvalue weighted by atomic mass is 79.9. The van der Waals surface area contributed by atoms with Gasteiger partial charge in [0.05, 0.1) is 17.9 Å². The number of nitrogens with zero attached hydrogens (tertiary/aromatic N) is 1. The third-order valence-corrected chi connectivity index (χ3v) is 3.37. The quantitative estimate of drug-likeness (QED) is 0.808. The Morgan fingerprint density at radius 2 is 2.28 bits per heavy atom. The number of hydrogen-bond acceptors (Lipinski definition) is 2. The summed E-state index contributed by atoms with van der Waals surface area (Å²) in [5.41, 5.74) is 2.34. The van der Waals surface area contributed by atoms with Gasteiger partial charge in [0.1, 0.15) is 0 Å². The molecule has 1 aromatic carbocycles. The lowest BCUT2D eigenvalue weighted by atomic mass is 10.1. The van der Waals surface area contributed by atoms with Crippen molar-refractivity contribution in [2.45, 2.75) is 6.92 Å². The topological polar surface area (TPSA) is 31.2 Å². The molecule has 2 aromatic rings. The van der Waals surface area contributed by atoms with Crippen LogP contribution < -0.4 is 0 Å². The minimum absolute atomic E-state index is 0.309. The van der Waals surface area contributed by atoms with Crippen LogP contribution in [0.5, 0.6) is 0 Å². The van der Waals surface area contributed by atoms with Crippen molar-refractivity contribution in [3.63, 3.8) is 0 Å². The molecule has 0 aliphatic rings. The fraction of sp³-hybridized carbons (Fsp3) is 0.214. The minimum atomic E-state index is -0.309. The van der Waals surface area contributed by atoms with E-state index in [0.717, 1.165) is 21.1 Å². The average molecular weight is 308 g/mol. The summed E-state index contributed by atoms with van der Waals surface area (Å²) in [6.07, 6.45) is 1.68. The van der Waals surface area contributed by atoms with Crippen LogP contribution in [0.4, 0.5) is 0 Å². The summed E-state index contributed by atoms with van der Waals surface area (Å²) in [5.74, 6) is -0.309. The number of hydrogen-bond donors (Lipinski definition) is 0. The maximum atomic E-state index is 12.1. The first kappa shape index (κ1) is 12.9. The van der Waals surface area contributed by atoms with E-state index < -0.39 is 0 Å². The number of rotatable bonds is 3. The van der Waals surface area contributed by atoms with Gasteiger partial charge in [0.2, 0.25) is 0 Å². The molecule has 4 heteroatoms. The Balaban J connectivity index is 2.79. The molecule has 3 nitrogen and oxygen atoms in total. The van der Waals surface area contributed by atoms with Gasteiger partial charge in [-0.25, -0.2) is 4.79 Å². The summed E-state index contributed by atoms with van der Waals surface area (Å²) >= 11 is 3.42. The fourth-order valence-electron chi connectivity index (χ4n) is 2.09. The predicted molar refractivity (Wildman–Crippen MR) is 76.7 cm³/mol. The molecule has 0 fully saturated rings. The maximum absolute atomic E-state index is 12.1. The van der Waals surface area contributed by atoms with E-state index in [2.05, 4.69) is 22.5 Å². The second-order valence-corrected chi connectivity index (χ2v) is 4.82. The van der Waals surface area contributed by atoms with E-state index in [4.69, 9.17) is 4.74 Å². The summed E-state index contributed by atoms with van der Waals surface area (Å²) in [4.78, 5) is 12.1. The molecule has 18 heavy (non-hydrogen) atoms. The van der Waals surface area contributed by atoms with Crippen molar-refractivity contribution in [2.24, 2.45) is 7.05 Å². The summed E-state index contributed by atoms with van der Waals surface area (Å²) in [7, 11) is 1.91. The first-order valence-corrected chi connectivity index (χ1v) is 6.47. The third-order valence-electron chi connectivity index (χ3n) is 2.88. The summed E-state index contributed by atoms with van der Waals surface area (Å²) in [6.45, 7) is 5.93. The first-order valence-electron chi connectivity index (χ1n) is 5.67. The lowest BCUT2D eigenvalue weighted by Gasteiger charge is -2.02. The van der Waals surface area contributed by atoms with Gasteiger partial charge >= 0.3 is 5.97 Å². The molecule has 0 spiro atoms. The lowest BCUT2D eigenvalue weighted by Crippen LogP contribution is -2.06. The van der Waals surface area contributed by atoms with Crippen LogP contribution in [0.25, 0.3) is 17.0 Å². The SMILES string of the molecule is C=Cc1c(C(=O)OCC)c2cc(Br)ccc2n1C. The number of esters is 1. The number of carbonyl (C=O) groups is 1. The monoisotopic (exact) mass is 307 g/mol. The molecule has 0 N–H and O–H groups in total. The van der Waals surface area contributed by atoms with E-state index in [9.17, 15) is 4.79 Å². The van der Waals surface area contributed by atoms with E-state index in [1.54, 1.807) is 13.0 Å². The molecule has 0 saturated carbocycles. The molecule has 0 radical (unpaired) electrons. The smallest absolute Gasteiger partial charge is 0.340 e. The summed E-state index contributed by atoms with van der Waals surface area (Å²) in [5, 5.41) is 0.875. The maximum Gasteiger partial charge on any atom is 0.340 e. The predicted octanol–water partition coefficient (Wildman–Crippen LogP) is 3.76. The Bertz CT molecular complexity index is 628. The van der Waals surface area contributed by atoms with E-state index in [1.165, 1.54) is 0 Å². The highest BCUT2D eigenvalue weighted by molar-refractivity contribution is 9.10. The number of aromatic nitrogens is 1. The van der Waals surface area contributed by atoms with E-state index in [0.29, 0.717) is 12.2 Å². The van der Waals surface area contributed by atoms with Gasteiger partial charge in [-0.05, 0) is 31.2 Å². The van der Waals surface area contributed by atoms with Gasteiger partial charge in [-0.3, -0.25) is 0 Å². The van der Waals surface area contributed by atoms with Gasteiger partial charge in [-0.1, -0.05) is 22.5 Å². The number of halogens is 1. The zero-order chi connectivity index (χ0) is 13.3. The Labute approximate surface area is 114 Å². The van der Waals surface area contributed by atoms with Crippen molar-refractivity contribution in [1.82, 2.24) is 4.57 Å². The number of benzene rings is 1. The second kappa shape index (κ2) is 4.98. The van der Waals surface area contributed by atoms with E-state index in [1.807, 2.05) is 29.8 Å². The van der Waals surface area contributed by atoms with Gasteiger partial charge in [0.15, 0.2) is 0 Å². The Morgan fingerprint density at radius 3 is 2.89 bits per heavy atom. The van der Waals surface area contributed by atoms with E-state index >= 15 is 0 Å². The second-order valence-electron chi connectivity index (χ2n) is 3.91.